The summed E-state index contributed by atoms with van der Waals surface area (Å²) in [7, 11) is 3.64. The maximum absolute atomic E-state index is 11.0. The maximum Gasteiger partial charge on any atom is 0.352 e. The molecular formula is C10H16N2O2. The van der Waals surface area contributed by atoms with Gasteiger partial charge in [-0.25, -0.2) is 4.79 Å². The largest absolute Gasteiger partial charge is 0.477 e. The first-order valence-corrected chi connectivity index (χ1v) is 4.53. The normalized spacial score (nSPS) is 10.6. The number of aromatic nitrogens is 1. The van der Waals surface area contributed by atoms with Crippen LogP contribution in [0.25, 0.3) is 0 Å². The Morgan fingerprint density at radius 3 is 2.36 bits per heavy atom. The number of carboxylic acids is 1. The molecule has 78 valence electrons. The molecule has 1 aromatic rings. The average Bonchev–Trinajstić information content (AvgIpc) is 2.30. The van der Waals surface area contributed by atoms with Gasteiger partial charge in [0.15, 0.2) is 0 Å². The summed E-state index contributed by atoms with van der Waals surface area (Å²) in [5.41, 5.74) is 3.32. The van der Waals surface area contributed by atoms with Gasteiger partial charge >= 0.3 is 5.97 Å². The minimum absolute atomic E-state index is 0.382. The Morgan fingerprint density at radius 2 is 2.00 bits per heavy atom. The molecule has 0 atom stereocenters. The van der Waals surface area contributed by atoms with E-state index in [2.05, 4.69) is 5.32 Å². The standard InChI is InChI=1S/C10H16N2O2/c1-6-7(2)9(10(13)14)12(4)8(6)5-11-3/h11H,5H2,1-4H3,(H,13,14). The van der Waals surface area contributed by atoms with E-state index in [1.165, 1.54) is 0 Å². The van der Waals surface area contributed by atoms with Crippen molar-refractivity contribution in [1.82, 2.24) is 9.88 Å². The van der Waals surface area contributed by atoms with Gasteiger partial charge in [0.25, 0.3) is 0 Å². The zero-order valence-electron chi connectivity index (χ0n) is 9.01. The van der Waals surface area contributed by atoms with Crippen molar-refractivity contribution in [3.8, 4) is 0 Å². The Balaban J connectivity index is 3.33. The van der Waals surface area contributed by atoms with Crippen molar-refractivity contribution >= 4 is 5.97 Å². The highest BCUT2D eigenvalue weighted by molar-refractivity contribution is 5.88. The molecule has 1 heterocycles. The molecule has 0 aliphatic rings. The van der Waals surface area contributed by atoms with Gasteiger partial charge < -0.3 is 15.0 Å². The van der Waals surface area contributed by atoms with Gasteiger partial charge in [-0.3, -0.25) is 0 Å². The molecule has 0 saturated carbocycles. The second-order valence-electron chi connectivity index (χ2n) is 3.44. The van der Waals surface area contributed by atoms with Gasteiger partial charge in [-0.15, -0.1) is 0 Å². The maximum atomic E-state index is 11.0. The minimum Gasteiger partial charge on any atom is -0.477 e. The Labute approximate surface area is 83.5 Å². The van der Waals surface area contributed by atoms with Crippen molar-refractivity contribution in [2.75, 3.05) is 7.05 Å². The molecule has 0 aliphatic heterocycles. The first kappa shape index (κ1) is 10.8. The van der Waals surface area contributed by atoms with Crippen LogP contribution in [0.15, 0.2) is 0 Å². The van der Waals surface area contributed by atoms with Crippen LogP contribution in [0.5, 0.6) is 0 Å². The van der Waals surface area contributed by atoms with Crippen molar-refractivity contribution in [3.05, 3.63) is 22.5 Å². The van der Waals surface area contributed by atoms with E-state index in [0.29, 0.717) is 12.2 Å². The van der Waals surface area contributed by atoms with E-state index in [1.54, 1.807) is 11.6 Å². The number of carboxylic acid groups (broad SMARTS) is 1. The number of rotatable bonds is 3. The van der Waals surface area contributed by atoms with Gasteiger partial charge in [-0.1, -0.05) is 0 Å². The number of hydrogen-bond acceptors (Lipinski definition) is 2. The zero-order chi connectivity index (χ0) is 10.9. The van der Waals surface area contributed by atoms with Crippen LogP contribution in [0.1, 0.15) is 27.3 Å². The summed E-state index contributed by atoms with van der Waals surface area (Å²) in [5.74, 6) is -0.865. The summed E-state index contributed by atoms with van der Waals surface area (Å²) < 4.78 is 1.74. The molecule has 1 rings (SSSR count). The van der Waals surface area contributed by atoms with Gasteiger partial charge in [0.2, 0.25) is 0 Å². The van der Waals surface area contributed by atoms with Crippen LogP contribution in [0.3, 0.4) is 0 Å². The zero-order valence-corrected chi connectivity index (χ0v) is 9.01. The molecule has 0 aromatic carbocycles. The first-order valence-electron chi connectivity index (χ1n) is 4.53. The highest BCUT2D eigenvalue weighted by atomic mass is 16.4. The molecule has 0 fully saturated rings. The molecule has 1 aromatic heterocycles. The van der Waals surface area contributed by atoms with Crippen LogP contribution in [0, 0.1) is 13.8 Å². The molecule has 2 N–H and O–H groups in total. The van der Waals surface area contributed by atoms with Gasteiger partial charge in [-0.2, -0.15) is 0 Å². The van der Waals surface area contributed by atoms with E-state index in [0.717, 1.165) is 16.8 Å². The molecule has 0 aliphatic carbocycles. The third-order valence-electron chi connectivity index (χ3n) is 2.64. The Morgan fingerprint density at radius 1 is 1.43 bits per heavy atom. The van der Waals surface area contributed by atoms with Gasteiger partial charge in [0, 0.05) is 19.3 Å². The lowest BCUT2D eigenvalue weighted by Gasteiger charge is -2.05. The van der Waals surface area contributed by atoms with E-state index in [9.17, 15) is 4.79 Å². The Hall–Kier alpha value is -1.29. The van der Waals surface area contributed by atoms with Crippen molar-refractivity contribution in [3.63, 3.8) is 0 Å². The van der Waals surface area contributed by atoms with Crippen LogP contribution < -0.4 is 5.32 Å². The second kappa shape index (κ2) is 3.84. The third-order valence-corrected chi connectivity index (χ3v) is 2.64. The lowest BCUT2D eigenvalue weighted by atomic mass is 10.1. The monoisotopic (exact) mass is 196 g/mol. The third kappa shape index (κ3) is 1.53. The van der Waals surface area contributed by atoms with Gasteiger partial charge in [0.05, 0.1) is 0 Å². The smallest absolute Gasteiger partial charge is 0.352 e. The molecule has 14 heavy (non-hydrogen) atoms. The molecule has 0 spiro atoms. The van der Waals surface area contributed by atoms with Crippen LogP contribution in [-0.2, 0) is 13.6 Å². The highest BCUT2D eigenvalue weighted by Crippen LogP contribution is 2.20. The molecule has 0 amide bonds. The topological polar surface area (TPSA) is 54.3 Å². The molecule has 4 nitrogen and oxygen atoms in total. The van der Waals surface area contributed by atoms with Crippen LogP contribution in [-0.4, -0.2) is 22.7 Å². The molecule has 0 unspecified atom stereocenters. The number of carbonyl (C=O) groups is 1. The highest BCUT2D eigenvalue weighted by Gasteiger charge is 2.18. The van der Waals surface area contributed by atoms with Crippen LogP contribution in [0.4, 0.5) is 0 Å². The summed E-state index contributed by atoms with van der Waals surface area (Å²) >= 11 is 0. The fraction of sp³-hybridized carbons (Fsp3) is 0.500. The van der Waals surface area contributed by atoms with E-state index in [-0.39, 0.29) is 0 Å². The summed E-state index contributed by atoms with van der Waals surface area (Å²) in [6.07, 6.45) is 0. The van der Waals surface area contributed by atoms with Crippen LogP contribution in [0.2, 0.25) is 0 Å². The quantitative estimate of drug-likeness (QED) is 0.760. The second-order valence-corrected chi connectivity index (χ2v) is 3.44. The van der Waals surface area contributed by atoms with Gasteiger partial charge in [-0.05, 0) is 32.0 Å². The van der Waals surface area contributed by atoms with E-state index in [4.69, 9.17) is 5.11 Å². The number of nitrogens with zero attached hydrogens (tertiary/aromatic N) is 1. The number of hydrogen-bond donors (Lipinski definition) is 2. The van der Waals surface area contributed by atoms with Crippen molar-refractivity contribution < 1.29 is 9.90 Å². The molecular weight excluding hydrogens is 180 g/mol. The predicted molar refractivity (Wildman–Crippen MR) is 54.6 cm³/mol. The number of nitrogens with one attached hydrogen (secondary N) is 1. The SMILES string of the molecule is CNCc1c(C)c(C)c(C(=O)O)n1C. The molecule has 4 heteroatoms. The minimum atomic E-state index is -0.865. The molecule has 0 bridgehead atoms. The van der Waals surface area contributed by atoms with Gasteiger partial charge in [0.1, 0.15) is 5.69 Å². The first-order chi connectivity index (χ1) is 6.50. The van der Waals surface area contributed by atoms with Crippen LogP contribution >= 0.6 is 0 Å². The predicted octanol–water partition coefficient (Wildman–Crippen LogP) is 1.06. The summed E-state index contributed by atoms with van der Waals surface area (Å²) in [4.78, 5) is 11.0. The lowest BCUT2D eigenvalue weighted by Crippen LogP contribution is -2.13. The van der Waals surface area contributed by atoms with Crippen molar-refractivity contribution in [2.24, 2.45) is 7.05 Å². The Kier molecular flexibility index (Phi) is 2.96. The fourth-order valence-electron chi connectivity index (χ4n) is 1.75. The van der Waals surface area contributed by atoms with E-state index >= 15 is 0 Å². The lowest BCUT2D eigenvalue weighted by molar-refractivity contribution is 0.0685. The van der Waals surface area contributed by atoms with Crippen molar-refractivity contribution in [1.29, 1.82) is 0 Å². The van der Waals surface area contributed by atoms with E-state index in [1.807, 2.05) is 20.9 Å². The van der Waals surface area contributed by atoms with E-state index < -0.39 is 5.97 Å². The van der Waals surface area contributed by atoms with Crippen molar-refractivity contribution in [2.45, 2.75) is 20.4 Å². The summed E-state index contributed by atoms with van der Waals surface area (Å²) in [6.45, 7) is 4.49. The number of aromatic carboxylic acids is 1. The fourth-order valence-corrected chi connectivity index (χ4v) is 1.75. The summed E-state index contributed by atoms with van der Waals surface area (Å²) in [5, 5.41) is 12.0. The Bertz CT molecular complexity index is 367. The summed E-state index contributed by atoms with van der Waals surface area (Å²) in [6, 6.07) is 0. The average molecular weight is 196 g/mol. The molecule has 0 saturated heterocycles. The molecule has 0 radical (unpaired) electrons.